The normalized spacial score (nSPS) is 14.8. The van der Waals surface area contributed by atoms with Crippen LogP contribution < -0.4 is 4.90 Å². The van der Waals surface area contributed by atoms with Gasteiger partial charge in [0.25, 0.3) is 0 Å². The third-order valence-electron chi connectivity index (χ3n) is 4.07. The number of rotatable bonds is 6. The average molecular weight is 273 g/mol. The first-order chi connectivity index (χ1) is 9.67. The Kier molecular flexibility index (Phi) is 5.22. The lowest BCUT2D eigenvalue weighted by atomic mass is 9.93. The monoisotopic (exact) mass is 273 g/mol. The van der Waals surface area contributed by atoms with Gasteiger partial charge in [0.2, 0.25) is 0 Å². The van der Waals surface area contributed by atoms with Crippen LogP contribution in [0.25, 0.3) is 0 Å². The summed E-state index contributed by atoms with van der Waals surface area (Å²) in [7, 11) is 0. The van der Waals surface area contributed by atoms with E-state index in [1.807, 2.05) is 0 Å². The van der Waals surface area contributed by atoms with E-state index in [9.17, 15) is 4.79 Å². The van der Waals surface area contributed by atoms with E-state index in [4.69, 9.17) is 0 Å². The van der Waals surface area contributed by atoms with Crippen molar-refractivity contribution in [1.82, 2.24) is 0 Å². The molecule has 1 aliphatic heterocycles. The number of Topliss-reactive ketones (excluding diaryl/α,β-unsaturated/α-hetero) is 1. The van der Waals surface area contributed by atoms with Gasteiger partial charge in [-0.15, -0.1) is 0 Å². The van der Waals surface area contributed by atoms with Crippen molar-refractivity contribution in [3.63, 3.8) is 0 Å². The lowest BCUT2D eigenvalue weighted by Crippen LogP contribution is -2.22. The first-order valence-electron chi connectivity index (χ1n) is 8.09. The van der Waals surface area contributed by atoms with Gasteiger partial charge in [-0.3, -0.25) is 4.79 Å². The van der Waals surface area contributed by atoms with Crippen LogP contribution >= 0.6 is 0 Å². The molecule has 2 heteroatoms. The van der Waals surface area contributed by atoms with Gasteiger partial charge in [-0.1, -0.05) is 26.3 Å². The van der Waals surface area contributed by atoms with Crippen LogP contribution in [0, 0.1) is 6.92 Å². The maximum Gasteiger partial charge on any atom is 0.165 e. The standard InChI is InChI=1S/C18H27NO/c1-4-8-15-12-14(3)13-16(19-10-6-7-11-19)18(15)17(20)9-5-2/h12-13H,4-11H2,1-3H3. The molecule has 1 saturated heterocycles. The number of anilines is 1. The van der Waals surface area contributed by atoms with E-state index in [0.717, 1.165) is 37.9 Å². The van der Waals surface area contributed by atoms with E-state index in [1.54, 1.807) is 0 Å². The maximum absolute atomic E-state index is 12.6. The third kappa shape index (κ3) is 3.23. The van der Waals surface area contributed by atoms with Crippen molar-refractivity contribution in [2.24, 2.45) is 0 Å². The molecule has 2 rings (SSSR count). The highest BCUT2D eigenvalue weighted by molar-refractivity contribution is 6.03. The number of benzene rings is 1. The Labute approximate surface area is 123 Å². The Morgan fingerprint density at radius 1 is 1.15 bits per heavy atom. The topological polar surface area (TPSA) is 20.3 Å². The van der Waals surface area contributed by atoms with Crippen LogP contribution in [-0.2, 0) is 6.42 Å². The van der Waals surface area contributed by atoms with Crippen molar-refractivity contribution in [2.75, 3.05) is 18.0 Å². The molecule has 0 saturated carbocycles. The van der Waals surface area contributed by atoms with E-state index in [0.29, 0.717) is 12.2 Å². The summed E-state index contributed by atoms with van der Waals surface area (Å²) in [5.41, 5.74) is 4.75. The van der Waals surface area contributed by atoms with E-state index < -0.39 is 0 Å². The Balaban J connectivity index is 2.48. The molecule has 0 unspecified atom stereocenters. The Hall–Kier alpha value is -1.31. The second-order valence-corrected chi connectivity index (χ2v) is 5.94. The van der Waals surface area contributed by atoms with Crippen LogP contribution in [0.3, 0.4) is 0 Å². The molecule has 1 aromatic rings. The number of carbonyl (C=O) groups is 1. The predicted octanol–water partition coefficient (Wildman–Crippen LogP) is 4.53. The van der Waals surface area contributed by atoms with Crippen LogP contribution in [0.1, 0.15) is 67.4 Å². The minimum absolute atomic E-state index is 0.331. The number of ketones is 1. The SMILES string of the molecule is CCCC(=O)c1c(CCC)cc(C)cc1N1CCCC1. The Bertz CT molecular complexity index is 473. The summed E-state index contributed by atoms with van der Waals surface area (Å²) in [5, 5.41) is 0. The average Bonchev–Trinajstić information content (AvgIpc) is 2.92. The summed E-state index contributed by atoms with van der Waals surface area (Å²) in [6, 6.07) is 4.43. The second-order valence-electron chi connectivity index (χ2n) is 5.94. The van der Waals surface area contributed by atoms with Gasteiger partial charge < -0.3 is 4.90 Å². The molecule has 0 aromatic heterocycles. The van der Waals surface area contributed by atoms with Gasteiger partial charge in [0, 0.05) is 30.8 Å². The van der Waals surface area contributed by atoms with Crippen LogP contribution in [0.15, 0.2) is 12.1 Å². The zero-order chi connectivity index (χ0) is 14.5. The van der Waals surface area contributed by atoms with Crippen molar-refractivity contribution in [1.29, 1.82) is 0 Å². The van der Waals surface area contributed by atoms with Gasteiger partial charge in [0.05, 0.1) is 0 Å². The molecule has 0 atom stereocenters. The minimum atomic E-state index is 0.331. The minimum Gasteiger partial charge on any atom is -0.371 e. The highest BCUT2D eigenvalue weighted by atomic mass is 16.1. The molecule has 0 aliphatic carbocycles. The lowest BCUT2D eigenvalue weighted by Gasteiger charge is -2.24. The molecule has 1 aliphatic rings. The number of hydrogen-bond donors (Lipinski definition) is 0. The zero-order valence-corrected chi connectivity index (χ0v) is 13.2. The molecule has 0 bridgehead atoms. The van der Waals surface area contributed by atoms with Crippen molar-refractivity contribution >= 4 is 11.5 Å². The van der Waals surface area contributed by atoms with Crippen LogP contribution in [0.4, 0.5) is 5.69 Å². The largest absolute Gasteiger partial charge is 0.371 e. The van der Waals surface area contributed by atoms with Crippen LogP contribution in [-0.4, -0.2) is 18.9 Å². The van der Waals surface area contributed by atoms with Crippen molar-refractivity contribution in [3.05, 3.63) is 28.8 Å². The zero-order valence-electron chi connectivity index (χ0n) is 13.2. The van der Waals surface area contributed by atoms with Gasteiger partial charge in [-0.05, 0) is 49.8 Å². The fraction of sp³-hybridized carbons (Fsp3) is 0.611. The fourth-order valence-corrected chi connectivity index (χ4v) is 3.19. The quantitative estimate of drug-likeness (QED) is 0.710. The van der Waals surface area contributed by atoms with Crippen molar-refractivity contribution < 1.29 is 4.79 Å². The highest BCUT2D eigenvalue weighted by Gasteiger charge is 2.22. The van der Waals surface area contributed by atoms with Gasteiger partial charge in [-0.2, -0.15) is 0 Å². The molecule has 0 radical (unpaired) electrons. The number of nitrogens with zero attached hydrogens (tertiary/aromatic N) is 1. The lowest BCUT2D eigenvalue weighted by molar-refractivity contribution is 0.0981. The van der Waals surface area contributed by atoms with Crippen molar-refractivity contribution in [2.45, 2.75) is 59.3 Å². The first-order valence-corrected chi connectivity index (χ1v) is 8.09. The van der Waals surface area contributed by atoms with Gasteiger partial charge >= 0.3 is 0 Å². The molecule has 2 nitrogen and oxygen atoms in total. The molecule has 0 N–H and O–H groups in total. The predicted molar refractivity (Wildman–Crippen MR) is 85.9 cm³/mol. The summed E-state index contributed by atoms with van der Waals surface area (Å²) in [4.78, 5) is 15.0. The summed E-state index contributed by atoms with van der Waals surface area (Å²) in [5.74, 6) is 0.331. The van der Waals surface area contributed by atoms with Crippen LogP contribution in [0.5, 0.6) is 0 Å². The summed E-state index contributed by atoms with van der Waals surface area (Å²) in [6.45, 7) is 8.61. The summed E-state index contributed by atoms with van der Waals surface area (Å²) < 4.78 is 0. The van der Waals surface area contributed by atoms with E-state index in [1.165, 1.54) is 29.7 Å². The Morgan fingerprint density at radius 2 is 1.85 bits per heavy atom. The van der Waals surface area contributed by atoms with Crippen LogP contribution in [0.2, 0.25) is 0 Å². The van der Waals surface area contributed by atoms with E-state index in [2.05, 4.69) is 37.8 Å². The number of carbonyl (C=O) groups excluding carboxylic acids is 1. The van der Waals surface area contributed by atoms with Crippen molar-refractivity contribution in [3.8, 4) is 0 Å². The molecular formula is C18H27NO. The first kappa shape index (κ1) is 15.1. The highest BCUT2D eigenvalue weighted by Crippen LogP contribution is 2.31. The molecule has 110 valence electrons. The molecule has 0 spiro atoms. The van der Waals surface area contributed by atoms with E-state index >= 15 is 0 Å². The number of aryl methyl sites for hydroxylation is 2. The van der Waals surface area contributed by atoms with E-state index in [-0.39, 0.29) is 0 Å². The fourth-order valence-electron chi connectivity index (χ4n) is 3.19. The number of hydrogen-bond acceptors (Lipinski definition) is 2. The maximum atomic E-state index is 12.6. The summed E-state index contributed by atoms with van der Waals surface area (Å²) in [6.07, 6.45) is 6.19. The third-order valence-corrected chi connectivity index (χ3v) is 4.07. The molecule has 1 heterocycles. The smallest absolute Gasteiger partial charge is 0.165 e. The van der Waals surface area contributed by atoms with Gasteiger partial charge in [-0.25, -0.2) is 0 Å². The molecule has 1 aromatic carbocycles. The molecule has 0 amide bonds. The van der Waals surface area contributed by atoms with Gasteiger partial charge in [0.1, 0.15) is 0 Å². The molecule has 1 fully saturated rings. The molecular weight excluding hydrogens is 246 g/mol. The second kappa shape index (κ2) is 6.92. The van der Waals surface area contributed by atoms with Gasteiger partial charge in [0.15, 0.2) is 5.78 Å². The Morgan fingerprint density at radius 3 is 2.45 bits per heavy atom. The summed E-state index contributed by atoms with van der Waals surface area (Å²) >= 11 is 0. The molecule has 20 heavy (non-hydrogen) atoms.